The maximum atomic E-state index is 13.6. The van der Waals surface area contributed by atoms with E-state index in [0.29, 0.717) is 42.6 Å². The van der Waals surface area contributed by atoms with Crippen molar-refractivity contribution in [2.45, 2.75) is 36.6 Å². The number of aromatic nitrogens is 2. The lowest BCUT2D eigenvalue weighted by Gasteiger charge is -2.26. The number of rotatable bonds is 4. The highest BCUT2D eigenvalue weighted by molar-refractivity contribution is 5.95. The van der Waals surface area contributed by atoms with Crippen LogP contribution in [-0.4, -0.2) is 46.2 Å². The number of pyridine rings is 2. The van der Waals surface area contributed by atoms with Crippen LogP contribution >= 0.6 is 0 Å². The molecule has 2 aromatic heterocycles. The third kappa shape index (κ3) is 3.68. The molecule has 6 rings (SSSR count). The number of hydrogen-bond donors (Lipinski definition) is 0. The molecule has 1 spiro atoms. The molecule has 4 heterocycles. The number of fused-ring (bicyclic) bond motifs is 2. The second kappa shape index (κ2) is 7.78. The van der Waals surface area contributed by atoms with Gasteiger partial charge < -0.3 is 14.4 Å². The number of likely N-dealkylation sites (tertiary alicyclic amines) is 1. The number of carbonyl (C=O) groups is 2. The summed E-state index contributed by atoms with van der Waals surface area (Å²) in [5.74, 6) is -0.779. The topological polar surface area (TPSA) is 81.6 Å². The van der Waals surface area contributed by atoms with Crippen molar-refractivity contribution in [1.29, 1.82) is 0 Å². The van der Waals surface area contributed by atoms with E-state index in [4.69, 9.17) is 4.74 Å². The second-order valence-electron chi connectivity index (χ2n) is 9.37. The summed E-state index contributed by atoms with van der Waals surface area (Å²) in [6.07, 6.45) is 1.81. The van der Waals surface area contributed by atoms with Crippen molar-refractivity contribution in [1.82, 2.24) is 14.9 Å². The van der Waals surface area contributed by atoms with Crippen LogP contribution in [0.5, 0.6) is 5.75 Å². The van der Waals surface area contributed by atoms with Crippen molar-refractivity contribution in [3.63, 3.8) is 0 Å². The fraction of sp³-hybridized carbons (Fsp3) is 0.308. The molecule has 1 atom stereocenters. The van der Waals surface area contributed by atoms with Gasteiger partial charge in [-0.3, -0.25) is 14.8 Å². The molecule has 1 saturated carbocycles. The molecule has 1 aliphatic carbocycles. The van der Waals surface area contributed by atoms with Gasteiger partial charge in [0.15, 0.2) is 5.60 Å². The normalized spacial score (nSPS) is 21.9. The second-order valence-corrected chi connectivity index (χ2v) is 9.37. The average molecular weight is 495 g/mol. The minimum Gasteiger partial charge on any atom is -0.449 e. The van der Waals surface area contributed by atoms with Crippen LogP contribution in [0.1, 0.15) is 40.7 Å². The summed E-state index contributed by atoms with van der Waals surface area (Å²) in [5, 5.41) is 0. The number of hydrogen-bond acceptors (Lipinski definition) is 6. The van der Waals surface area contributed by atoms with Crippen molar-refractivity contribution in [3.05, 3.63) is 77.7 Å². The first kappa shape index (κ1) is 22.5. The third-order valence-electron chi connectivity index (χ3n) is 7.18. The van der Waals surface area contributed by atoms with E-state index in [1.54, 1.807) is 41.6 Å². The summed E-state index contributed by atoms with van der Waals surface area (Å²) in [7, 11) is 0. The Morgan fingerprint density at radius 2 is 1.92 bits per heavy atom. The van der Waals surface area contributed by atoms with E-state index < -0.39 is 23.3 Å². The van der Waals surface area contributed by atoms with Gasteiger partial charge in [0.2, 0.25) is 5.91 Å². The molecule has 10 heteroatoms. The van der Waals surface area contributed by atoms with E-state index in [9.17, 15) is 22.8 Å². The zero-order chi connectivity index (χ0) is 25.1. The van der Waals surface area contributed by atoms with E-state index in [2.05, 4.69) is 14.7 Å². The number of nitrogens with zero attached hydrogens (tertiary/aromatic N) is 3. The number of halogens is 3. The number of amides is 1. The zero-order valence-corrected chi connectivity index (χ0v) is 18.9. The van der Waals surface area contributed by atoms with Gasteiger partial charge in [-0.1, -0.05) is 18.2 Å². The molecule has 0 unspecified atom stereocenters. The summed E-state index contributed by atoms with van der Waals surface area (Å²) < 4.78 is 47.4. The molecule has 0 bridgehead atoms. The minimum atomic E-state index is -4.78. The van der Waals surface area contributed by atoms with Crippen LogP contribution < -0.4 is 4.74 Å². The van der Waals surface area contributed by atoms with Crippen molar-refractivity contribution in [3.8, 4) is 17.0 Å². The lowest BCUT2D eigenvalue weighted by atomic mass is 9.92. The number of alkyl halides is 3. The number of carbonyl (C=O) groups excluding carboxylic acids is 2. The Bertz CT molecular complexity index is 1370. The van der Waals surface area contributed by atoms with Crippen molar-refractivity contribution >= 4 is 11.9 Å². The van der Waals surface area contributed by atoms with Gasteiger partial charge in [-0.15, -0.1) is 13.2 Å². The molecule has 36 heavy (non-hydrogen) atoms. The fourth-order valence-corrected chi connectivity index (χ4v) is 5.25. The molecule has 2 aliphatic heterocycles. The lowest BCUT2D eigenvalue weighted by molar-refractivity contribution is -0.274. The van der Waals surface area contributed by atoms with E-state index in [-0.39, 0.29) is 18.2 Å². The largest absolute Gasteiger partial charge is 0.573 e. The van der Waals surface area contributed by atoms with Gasteiger partial charge in [0.05, 0.1) is 23.2 Å². The first-order chi connectivity index (χ1) is 17.2. The van der Waals surface area contributed by atoms with Crippen molar-refractivity contribution in [2.75, 3.05) is 13.1 Å². The summed E-state index contributed by atoms with van der Waals surface area (Å²) >= 11 is 0. The fourth-order valence-electron chi connectivity index (χ4n) is 5.25. The van der Waals surface area contributed by atoms with Crippen LogP contribution in [0.25, 0.3) is 11.3 Å². The molecular weight excluding hydrogens is 475 g/mol. The number of esters is 1. The molecule has 184 valence electrons. The molecule has 2 fully saturated rings. The quantitative estimate of drug-likeness (QED) is 0.500. The zero-order valence-electron chi connectivity index (χ0n) is 18.9. The number of benzene rings is 1. The van der Waals surface area contributed by atoms with Crippen molar-refractivity contribution in [2.24, 2.45) is 0 Å². The molecule has 1 saturated heterocycles. The standard InChI is InChI=1S/C26H20F3N3O4/c27-26(28,29)35-18-3-1-2-16(12-18)21-5-4-17(13-31-21)24(7-8-24)23(34)32-11-9-25(15-32)20-6-10-30-14-19(20)22(33)36-25/h1-6,10,12-14H,7-9,11,15H2/t25-/m0/s1. The molecule has 3 aliphatic rings. The van der Waals surface area contributed by atoms with Gasteiger partial charge >= 0.3 is 12.3 Å². The van der Waals surface area contributed by atoms with Crippen LogP contribution in [0.4, 0.5) is 13.2 Å². The predicted molar refractivity (Wildman–Crippen MR) is 120 cm³/mol. The first-order valence-corrected chi connectivity index (χ1v) is 11.5. The summed E-state index contributed by atoms with van der Waals surface area (Å²) in [6.45, 7) is 0.751. The molecule has 7 nitrogen and oxygen atoms in total. The highest BCUT2D eigenvalue weighted by atomic mass is 19.4. The Labute approximate surface area is 203 Å². The maximum Gasteiger partial charge on any atom is 0.573 e. The van der Waals surface area contributed by atoms with Gasteiger partial charge in [0.25, 0.3) is 0 Å². The first-order valence-electron chi connectivity index (χ1n) is 11.5. The SMILES string of the molecule is O=C1O[C@]2(CCN(C(=O)C3(c4ccc(-c5cccc(OC(F)(F)F)c5)nc4)CC3)C2)c2ccncc21. The van der Waals surface area contributed by atoms with Gasteiger partial charge in [0, 0.05) is 42.7 Å². The smallest absolute Gasteiger partial charge is 0.449 e. The van der Waals surface area contributed by atoms with Gasteiger partial charge in [-0.25, -0.2) is 4.79 Å². The lowest BCUT2D eigenvalue weighted by Crippen LogP contribution is -2.40. The summed E-state index contributed by atoms with van der Waals surface area (Å²) in [4.78, 5) is 36.1. The Morgan fingerprint density at radius 1 is 1.08 bits per heavy atom. The predicted octanol–water partition coefficient (Wildman–Crippen LogP) is 4.37. The summed E-state index contributed by atoms with van der Waals surface area (Å²) in [5.41, 5.74) is 1.38. The van der Waals surface area contributed by atoms with E-state index in [1.165, 1.54) is 24.4 Å². The molecule has 0 N–H and O–H groups in total. The monoisotopic (exact) mass is 495 g/mol. The van der Waals surface area contributed by atoms with Crippen molar-refractivity contribution < 1.29 is 32.2 Å². The van der Waals surface area contributed by atoms with Crippen LogP contribution in [0.3, 0.4) is 0 Å². The van der Waals surface area contributed by atoms with Gasteiger partial charge in [0.1, 0.15) is 5.75 Å². The minimum absolute atomic E-state index is 0.0342. The van der Waals surface area contributed by atoms with Crippen LogP contribution in [0, 0.1) is 0 Å². The molecule has 1 aromatic carbocycles. The van der Waals surface area contributed by atoms with Gasteiger partial charge in [-0.2, -0.15) is 0 Å². The average Bonchev–Trinajstić information content (AvgIpc) is 3.49. The third-order valence-corrected chi connectivity index (χ3v) is 7.18. The Hall–Kier alpha value is -3.95. The van der Waals surface area contributed by atoms with Crippen LogP contribution in [-0.2, 0) is 20.5 Å². The highest BCUT2D eigenvalue weighted by Crippen LogP contribution is 2.52. The van der Waals surface area contributed by atoms with Crippen LogP contribution in [0.2, 0.25) is 0 Å². The summed E-state index contributed by atoms with van der Waals surface area (Å²) in [6, 6.07) is 10.9. The van der Waals surface area contributed by atoms with E-state index >= 15 is 0 Å². The highest BCUT2D eigenvalue weighted by Gasteiger charge is 2.58. The van der Waals surface area contributed by atoms with E-state index in [1.807, 2.05) is 0 Å². The maximum absolute atomic E-state index is 13.6. The van der Waals surface area contributed by atoms with Crippen LogP contribution in [0.15, 0.2) is 61.1 Å². The van der Waals surface area contributed by atoms with Gasteiger partial charge in [-0.05, 0) is 42.7 Å². The molecule has 1 amide bonds. The Balaban J connectivity index is 1.21. The number of ether oxygens (including phenoxy) is 2. The molecule has 3 aromatic rings. The Morgan fingerprint density at radius 3 is 2.64 bits per heavy atom. The van der Waals surface area contributed by atoms with E-state index in [0.717, 1.165) is 11.1 Å². The molecular formula is C26H20F3N3O4. The Kier molecular flexibility index (Phi) is 4.86. The molecule has 0 radical (unpaired) electrons.